The number of benzene rings is 2. The van der Waals surface area contributed by atoms with Gasteiger partial charge in [-0.2, -0.15) is 0 Å². The summed E-state index contributed by atoms with van der Waals surface area (Å²) in [6.07, 6.45) is 0. The molecule has 0 amide bonds. The van der Waals surface area contributed by atoms with Gasteiger partial charge in [0.25, 0.3) is 0 Å². The third kappa shape index (κ3) is 3.58. The van der Waals surface area contributed by atoms with E-state index >= 15 is 0 Å². The molecule has 0 atom stereocenters. The summed E-state index contributed by atoms with van der Waals surface area (Å²) in [5.74, 6) is -2.41. The average molecular weight is 354 g/mol. The maximum atomic E-state index is 12.5. The first-order valence-electron chi connectivity index (χ1n) is 5.59. The Hall–Kier alpha value is -1.95. The van der Waals surface area contributed by atoms with E-state index in [0.717, 1.165) is 0 Å². The van der Waals surface area contributed by atoms with E-state index in [2.05, 4.69) is 0 Å². The Kier molecular flexibility index (Phi) is 5.84. The molecule has 0 saturated carbocycles. The van der Waals surface area contributed by atoms with Gasteiger partial charge in [-0.1, -0.05) is 24.3 Å². The molecule has 5 nitrogen and oxygen atoms in total. The topological polar surface area (TPSA) is 91.7 Å². The van der Waals surface area contributed by atoms with Crippen molar-refractivity contribution in [2.75, 3.05) is 0 Å². The minimum atomic E-state index is -1.87. The van der Waals surface area contributed by atoms with E-state index in [0.29, 0.717) is 0 Å². The molecule has 0 aliphatic carbocycles. The van der Waals surface area contributed by atoms with Crippen LogP contribution in [0.15, 0.2) is 58.3 Å². The molecule has 2 rings (SSSR count). The Morgan fingerprint density at radius 2 is 1.10 bits per heavy atom. The molecule has 0 aliphatic heterocycles. The fourth-order valence-electron chi connectivity index (χ4n) is 1.73. The quantitative estimate of drug-likeness (QED) is 0.822. The smallest absolute Gasteiger partial charge is 0.336 e. The second-order valence-electron chi connectivity index (χ2n) is 3.87. The van der Waals surface area contributed by atoms with Crippen LogP contribution in [0.25, 0.3) is 0 Å². The first-order valence-corrected chi connectivity index (χ1v) is 6.73. The molecule has 7 heteroatoms. The normalized spacial score (nSPS) is 9.95. The van der Waals surface area contributed by atoms with Crippen LogP contribution in [0, 0.1) is 0 Å². The maximum Gasteiger partial charge on any atom is 0.336 e. The van der Waals surface area contributed by atoms with Crippen LogP contribution in [0.2, 0.25) is 0 Å². The summed E-state index contributed by atoms with van der Waals surface area (Å²) in [4.78, 5) is 22.4. The summed E-state index contributed by atoms with van der Waals surface area (Å²) in [5.41, 5.74) is -0.211. The third-order valence-electron chi connectivity index (χ3n) is 2.63. The summed E-state index contributed by atoms with van der Waals surface area (Å²) in [6, 6.07) is 11.7. The Morgan fingerprint density at radius 1 is 0.762 bits per heavy atom. The minimum Gasteiger partial charge on any atom is -0.478 e. The van der Waals surface area contributed by atoms with E-state index in [9.17, 15) is 13.8 Å². The van der Waals surface area contributed by atoms with E-state index in [1.54, 1.807) is 12.1 Å². The number of carboxylic acid groups (broad SMARTS) is 2. The second-order valence-corrected chi connectivity index (χ2v) is 5.29. The summed E-state index contributed by atoms with van der Waals surface area (Å²) < 4.78 is 12.5. The van der Waals surface area contributed by atoms with Crippen LogP contribution in [0.1, 0.15) is 20.7 Å². The largest absolute Gasteiger partial charge is 0.478 e. The van der Waals surface area contributed by atoms with Crippen molar-refractivity contribution in [2.45, 2.75) is 9.79 Å². The van der Waals surface area contributed by atoms with E-state index in [-0.39, 0.29) is 38.0 Å². The van der Waals surface area contributed by atoms with Gasteiger partial charge in [-0.3, -0.25) is 0 Å². The van der Waals surface area contributed by atoms with Crippen LogP contribution in [0.5, 0.6) is 0 Å². The average Bonchev–Trinajstić information content (AvgIpc) is 2.46. The van der Waals surface area contributed by atoms with Crippen molar-refractivity contribution in [3.63, 3.8) is 0 Å². The zero-order valence-corrected chi connectivity index (χ0v) is 12.2. The first-order chi connectivity index (χ1) is 9.52. The van der Waals surface area contributed by atoms with Gasteiger partial charge in [-0.25, -0.2) is 13.8 Å². The van der Waals surface area contributed by atoms with Crippen LogP contribution in [-0.2, 0) is 27.9 Å². The molecular weight excluding hydrogens is 344 g/mol. The predicted molar refractivity (Wildman–Crippen MR) is 71.5 cm³/mol. The molecule has 1 radical (unpaired) electrons. The minimum absolute atomic E-state index is 0. The van der Waals surface area contributed by atoms with Crippen LogP contribution in [0.3, 0.4) is 0 Å². The van der Waals surface area contributed by atoms with Gasteiger partial charge in [0.05, 0.1) is 31.7 Å². The predicted octanol–water partition coefficient (Wildman–Crippen LogP) is 2.25. The van der Waals surface area contributed by atoms with Crippen molar-refractivity contribution in [2.24, 2.45) is 0 Å². The van der Waals surface area contributed by atoms with Crippen molar-refractivity contribution >= 4 is 22.7 Å². The number of rotatable bonds is 4. The molecule has 2 N–H and O–H groups in total. The SMILES string of the molecule is O=C(O)c1ccccc1S(=O)c1ccccc1C(=O)O.[Cu]. The van der Waals surface area contributed by atoms with Gasteiger partial charge in [0.15, 0.2) is 0 Å². The summed E-state index contributed by atoms with van der Waals surface area (Å²) >= 11 is 0. The molecule has 2 aromatic carbocycles. The Balaban J connectivity index is 0.00000220. The number of carboxylic acids is 2. The van der Waals surface area contributed by atoms with Crippen molar-refractivity contribution in [3.05, 3.63) is 59.7 Å². The molecule has 0 spiro atoms. The van der Waals surface area contributed by atoms with Gasteiger partial charge in [0.1, 0.15) is 0 Å². The van der Waals surface area contributed by atoms with Gasteiger partial charge < -0.3 is 10.2 Å². The Morgan fingerprint density at radius 3 is 1.43 bits per heavy atom. The summed E-state index contributed by atoms with van der Waals surface area (Å²) in [7, 11) is -1.87. The van der Waals surface area contributed by atoms with Crippen LogP contribution in [0.4, 0.5) is 0 Å². The van der Waals surface area contributed by atoms with Crippen LogP contribution >= 0.6 is 0 Å². The monoisotopic (exact) mass is 353 g/mol. The summed E-state index contributed by atoms with van der Waals surface area (Å²) in [6.45, 7) is 0. The molecule has 0 aliphatic rings. The van der Waals surface area contributed by atoms with Crippen molar-refractivity contribution in [1.29, 1.82) is 0 Å². The standard InChI is InChI=1S/C14H10O5S.Cu/c15-13(16)9-5-1-3-7-11(9)20(19)12-8-4-2-6-10(12)14(17)18;/h1-8H,(H,15,16)(H,17,18);. The van der Waals surface area contributed by atoms with Crippen molar-refractivity contribution < 1.29 is 41.1 Å². The first kappa shape index (κ1) is 17.1. The van der Waals surface area contributed by atoms with Gasteiger partial charge in [0.2, 0.25) is 0 Å². The summed E-state index contributed by atoms with van der Waals surface area (Å²) in [5, 5.41) is 18.2. The van der Waals surface area contributed by atoms with Gasteiger partial charge in [-0.15, -0.1) is 0 Å². The molecule has 0 fully saturated rings. The molecule has 2 aromatic rings. The van der Waals surface area contributed by atoms with Crippen molar-refractivity contribution in [3.8, 4) is 0 Å². The molecule has 21 heavy (non-hydrogen) atoms. The van der Waals surface area contributed by atoms with E-state index in [4.69, 9.17) is 10.2 Å². The zero-order valence-electron chi connectivity index (χ0n) is 10.4. The van der Waals surface area contributed by atoms with E-state index in [1.807, 2.05) is 0 Å². The molecule has 0 aromatic heterocycles. The van der Waals surface area contributed by atoms with Gasteiger partial charge >= 0.3 is 11.9 Å². The number of hydrogen-bond acceptors (Lipinski definition) is 3. The zero-order chi connectivity index (χ0) is 14.7. The Bertz CT molecular complexity index is 655. The van der Waals surface area contributed by atoms with Crippen LogP contribution in [-0.4, -0.2) is 26.4 Å². The molecule has 0 heterocycles. The molecule has 0 bridgehead atoms. The van der Waals surface area contributed by atoms with E-state index < -0.39 is 22.7 Å². The Labute approximate surface area is 133 Å². The van der Waals surface area contributed by atoms with E-state index in [1.165, 1.54) is 36.4 Å². The fraction of sp³-hybridized carbons (Fsp3) is 0. The molecular formula is C14H10CuO5S. The fourth-order valence-corrected chi connectivity index (χ4v) is 3.08. The molecule has 113 valence electrons. The van der Waals surface area contributed by atoms with Gasteiger partial charge in [-0.05, 0) is 24.3 Å². The maximum absolute atomic E-state index is 12.5. The van der Waals surface area contributed by atoms with Gasteiger partial charge in [0, 0.05) is 17.1 Å². The van der Waals surface area contributed by atoms with Crippen molar-refractivity contribution in [1.82, 2.24) is 0 Å². The number of aromatic carboxylic acids is 2. The number of carbonyl (C=O) groups is 2. The third-order valence-corrected chi connectivity index (χ3v) is 4.15. The molecule has 0 unspecified atom stereocenters. The molecule has 0 saturated heterocycles. The number of hydrogen-bond donors (Lipinski definition) is 2. The second kappa shape index (κ2) is 7.17. The van der Waals surface area contributed by atoms with Crippen LogP contribution < -0.4 is 0 Å².